The Kier molecular flexibility index (Phi) is 6.20. The third-order valence-corrected chi connectivity index (χ3v) is 4.23. The quantitative estimate of drug-likeness (QED) is 0.769. The summed E-state index contributed by atoms with van der Waals surface area (Å²) in [6, 6.07) is 9.40. The molecular formula is C18H26N2O4. The van der Waals surface area contributed by atoms with Gasteiger partial charge in [-0.3, -0.25) is 4.79 Å². The van der Waals surface area contributed by atoms with E-state index in [9.17, 15) is 14.7 Å². The van der Waals surface area contributed by atoms with Crippen LogP contribution in [-0.4, -0.2) is 34.8 Å². The Labute approximate surface area is 142 Å². The van der Waals surface area contributed by atoms with E-state index < -0.39 is 11.6 Å². The van der Waals surface area contributed by atoms with Gasteiger partial charge in [0.15, 0.2) is 0 Å². The van der Waals surface area contributed by atoms with Gasteiger partial charge >= 0.3 is 6.09 Å². The predicted octanol–water partition coefficient (Wildman–Crippen LogP) is 2.11. The van der Waals surface area contributed by atoms with Gasteiger partial charge in [0, 0.05) is 6.04 Å². The first-order valence-electron chi connectivity index (χ1n) is 8.35. The number of hydrogen-bond donors (Lipinski definition) is 3. The zero-order valence-electron chi connectivity index (χ0n) is 14.2. The molecule has 0 aromatic heterocycles. The number of alkyl carbamates (subject to hydrolysis) is 1. The summed E-state index contributed by atoms with van der Waals surface area (Å²) in [4.78, 5) is 24.3. The van der Waals surface area contributed by atoms with Crippen molar-refractivity contribution in [2.75, 3.05) is 0 Å². The lowest BCUT2D eigenvalue weighted by molar-refractivity contribution is -0.127. The van der Waals surface area contributed by atoms with Crippen molar-refractivity contribution in [3.8, 4) is 0 Å². The molecule has 0 aliphatic heterocycles. The standard InChI is InChI=1S/C18H26N2O4/c1-18(2,16(22)19-14-8-10-15(21)11-9-14)20-17(23)24-12-13-6-4-3-5-7-13/h3-7,14-15,21H,8-12H2,1-2H3,(H,19,22)(H,20,23). The molecular weight excluding hydrogens is 308 g/mol. The first-order valence-corrected chi connectivity index (χ1v) is 8.35. The number of carbonyl (C=O) groups excluding carboxylic acids is 2. The summed E-state index contributed by atoms with van der Waals surface area (Å²) in [5.41, 5.74) is -0.181. The van der Waals surface area contributed by atoms with E-state index in [1.54, 1.807) is 13.8 Å². The van der Waals surface area contributed by atoms with Crippen LogP contribution in [-0.2, 0) is 16.1 Å². The van der Waals surface area contributed by atoms with Crippen LogP contribution in [0.3, 0.4) is 0 Å². The molecule has 24 heavy (non-hydrogen) atoms. The predicted molar refractivity (Wildman–Crippen MR) is 90.2 cm³/mol. The lowest BCUT2D eigenvalue weighted by atomic mass is 9.92. The number of nitrogens with one attached hydrogen (secondary N) is 2. The Morgan fingerprint density at radius 1 is 1.17 bits per heavy atom. The van der Waals surface area contributed by atoms with Crippen molar-refractivity contribution in [1.29, 1.82) is 0 Å². The molecule has 1 aliphatic carbocycles. The Morgan fingerprint density at radius 3 is 2.42 bits per heavy atom. The Balaban J connectivity index is 1.78. The SMILES string of the molecule is CC(C)(NC(=O)OCc1ccccc1)C(=O)NC1CCC(O)CC1. The van der Waals surface area contributed by atoms with Gasteiger partial charge in [-0.25, -0.2) is 4.79 Å². The molecule has 0 unspecified atom stereocenters. The summed E-state index contributed by atoms with van der Waals surface area (Å²) >= 11 is 0. The average Bonchev–Trinajstić information content (AvgIpc) is 2.55. The van der Waals surface area contributed by atoms with Crippen LogP contribution in [0, 0.1) is 0 Å². The van der Waals surface area contributed by atoms with E-state index in [0.717, 1.165) is 18.4 Å². The van der Waals surface area contributed by atoms with E-state index in [-0.39, 0.29) is 24.7 Å². The van der Waals surface area contributed by atoms with Crippen LogP contribution in [0.15, 0.2) is 30.3 Å². The molecule has 0 spiro atoms. The number of rotatable bonds is 5. The topological polar surface area (TPSA) is 87.7 Å². The maximum Gasteiger partial charge on any atom is 0.408 e. The molecule has 6 heteroatoms. The molecule has 0 heterocycles. The normalized spacial score (nSPS) is 21.0. The Hall–Kier alpha value is -2.08. The largest absolute Gasteiger partial charge is 0.445 e. The van der Waals surface area contributed by atoms with Gasteiger partial charge in [-0.1, -0.05) is 30.3 Å². The number of aliphatic hydroxyl groups excluding tert-OH is 1. The average molecular weight is 334 g/mol. The van der Waals surface area contributed by atoms with Crippen LogP contribution < -0.4 is 10.6 Å². The second-order valence-electron chi connectivity index (χ2n) is 6.79. The van der Waals surface area contributed by atoms with Crippen LogP contribution in [0.1, 0.15) is 45.1 Å². The maximum absolute atomic E-state index is 12.4. The smallest absolute Gasteiger partial charge is 0.408 e. The van der Waals surface area contributed by atoms with Crippen molar-refractivity contribution >= 4 is 12.0 Å². The van der Waals surface area contributed by atoms with Crippen molar-refractivity contribution in [1.82, 2.24) is 10.6 Å². The van der Waals surface area contributed by atoms with Gasteiger partial charge in [0.05, 0.1) is 6.10 Å². The van der Waals surface area contributed by atoms with Crippen molar-refractivity contribution in [2.24, 2.45) is 0 Å². The van der Waals surface area contributed by atoms with Crippen LogP contribution in [0.2, 0.25) is 0 Å². The fourth-order valence-corrected chi connectivity index (χ4v) is 2.66. The number of hydrogen-bond acceptors (Lipinski definition) is 4. The number of ether oxygens (including phenoxy) is 1. The second kappa shape index (κ2) is 8.15. The van der Waals surface area contributed by atoms with Crippen LogP contribution >= 0.6 is 0 Å². The monoisotopic (exact) mass is 334 g/mol. The number of carbonyl (C=O) groups is 2. The van der Waals surface area contributed by atoms with Gasteiger partial charge in [0.25, 0.3) is 0 Å². The molecule has 1 aromatic rings. The minimum absolute atomic E-state index is 0.0438. The fourth-order valence-electron chi connectivity index (χ4n) is 2.66. The van der Waals surface area contributed by atoms with Gasteiger partial charge in [-0.2, -0.15) is 0 Å². The summed E-state index contributed by atoms with van der Waals surface area (Å²) in [6.07, 6.45) is 1.99. The highest BCUT2D eigenvalue weighted by Gasteiger charge is 2.32. The lowest BCUT2D eigenvalue weighted by Gasteiger charge is -2.31. The van der Waals surface area contributed by atoms with E-state index >= 15 is 0 Å². The van der Waals surface area contributed by atoms with Crippen molar-refractivity contribution < 1.29 is 19.4 Å². The van der Waals surface area contributed by atoms with Crippen molar-refractivity contribution in [3.63, 3.8) is 0 Å². The van der Waals surface area contributed by atoms with E-state index in [1.165, 1.54) is 0 Å². The first kappa shape index (κ1) is 18.3. The number of aliphatic hydroxyl groups is 1. The molecule has 3 N–H and O–H groups in total. The minimum Gasteiger partial charge on any atom is -0.445 e. The van der Waals surface area contributed by atoms with E-state index in [0.29, 0.717) is 12.8 Å². The zero-order valence-corrected chi connectivity index (χ0v) is 14.2. The van der Waals surface area contributed by atoms with Crippen LogP contribution in [0.25, 0.3) is 0 Å². The molecule has 2 amide bonds. The van der Waals surface area contributed by atoms with Gasteiger partial charge < -0.3 is 20.5 Å². The van der Waals surface area contributed by atoms with Gasteiger partial charge in [0.2, 0.25) is 5.91 Å². The number of amides is 2. The first-order chi connectivity index (χ1) is 11.4. The summed E-state index contributed by atoms with van der Waals surface area (Å²) < 4.78 is 5.16. The highest BCUT2D eigenvalue weighted by Crippen LogP contribution is 2.19. The third-order valence-electron chi connectivity index (χ3n) is 4.23. The molecule has 1 fully saturated rings. The maximum atomic E-state index is 12.4. The lowest BCUT2D eigenvalue weighted by Crippen LogP contribution is -2.57. The van der Waals surface area contributed by atoms with Gasteiger partial charge in [0.1, 0.15) is 12.1 Å². The molecule has 1 aliphatic rings. The molecule has 2 rings (SSSR count). The molecule has 0 bridgehead atoms. The Bertz CT molecular complexity index is 551. The minimum atomic E-state index is -1.07. The Morgan fingerprint density at radius 2 is 1.79 bits per heavy atom. The molecule has 6 nitrogen and oxygen atoms in total. The van der Waals surface area contributed by atoms with Crippen LogP contribution in [0.5, 0.6) is 0 Å². The highest BCUT2D eigenvalue weighted by atomic mass is 16.5. The molecule has 132 valence electrons. The summed E-state index contributed by atoms with van der Waals surface area (Å²) in [5, 5.41) is 15.0. The highest BCUT2D eigenvalue weighted by molar-refractivity contribution is 5.89. The van der Waals surface area contributed by atoms with Gasteiger partial charge in [-0.05, 0) is 45.1 Å². The molecule has 0 atom stereocenters. The van der Waals surface area contributed by atoms with Crippen molar-refractivity contribution in [2.45, 2.75) is 63.8 Å². The molecule has 1 saturated carbocycles. The van der Waals surface area contributed by atoms with E-state index in [1.807, 2.05) is 30.3 Å². The fraction of sp³-hybridized carbons (Fsp3) is 0.556. The van der Waals surface area contributed by atoms with Gasteiger partial charge in [-0.15, -0.1) is 0 Å². The summed E-state index contributed by atoms with van der Waals surface area (Å²) in [5.74, 6) is -0.249. The molecule has 1 aromatic carbocycles. The zero-order chi connectivity index (χ0) is 17.6. The second-order valence-corrected chi connectivity index (χ2v) is 6.79. The summed E-state index contributed by atoms with van der Waals surface area (Å²) in [6.45, 7) is 3.44. The van der Waals surface area contributed by atoms with Crippen LogP contribution in [0.4, 0.5) is 4.79 Å². The number of benzene rings is 1. The van der Waals surface area contributed by atoms with Crippen molar-refractivity contribution in [3.05, 3.63) is 35.9 Å². The van der Waals surface area contributed by atoms with E-state index in [4.69, 9.17) is 4.74 Å². The molecule has 0 radical (unpaired) electrons. The summed E-state index contributed by atoms with van der Waals surface area (Å²) in [7, 11) is 0. The third kappa shape index (κ3) is 5.53. The van der Waals surface area contributed by atoms with E-state index in [2.05, 4.69) is 10.6 Å². The molecule has 0 saturated heterocycles.